The quantitative estimate of drug-likeness (QED) is 0.751. The van der Waals surface area contributed by atoms with Gasteiger partial charge in [-0.15, -0.1) is 12.4 Å². The van der Waals surface area contributed by atoms with Gasteiger partial charge in [-0.05, 0) is 20.3 Å². The summed E-state index contributed by atoms with van der Waals surface area (Å²) >= 11 is 0. The van der Waals surface area contributed by atoms with Crippen LogP contribution in [0.15, 0.2) is 12.4 Å². The van der Waals surface area contributed by atoms with Gasteiger partial charge in [0.15, 0.2) is 0 Å². The molecular weight excluding hydrogens is 240 g/mol. The second kappa shape index (κ2) is 6.61. The highest BCUT2D eigenvalue weighted by Gasteiger charge is 2.28. The second-order valence-electron chi connectivity index (χ2n) is 4.39. The molecule has 1 aromatic heterocycles. The van der Waals surface area contributed by atoms with Gasteiger partial charge in [0.25, 0.3) is 0 Å². The minimum atomic E-state index is -0.799. The summed E-state index contributed by atoms with van der Waals surface area (Å²) in [6, 6.07) is -0.0778. The molecule has 98 valence electrons. The lowest BCUT2D eigenvalue weighted by atomic mass is 9.96. The predicted octanol–water partition coefficient (Wildman–Crippen LogP) is 1.53. The zero-order valence-electron chi connectivity index (χ0n) is 10.5. The van der Waals surface area contributed by atoms with E-state index in [2.05, 4.69) is 15.5 Å². The summed E-state index contributed by atoms with van der Waals surface area (Å²) in [4.78, 5) is 11.9. The van der Waals surface area contributed by atoms with Crippen LogP contribution < -0.4 is 11.1 Å². The van der Waals surface area contributed by atoms with Crippen LogP contribution in [0.4, 0.5) is 0 Å². The first kappa shape index (κ1) is 15.9. The van der Waals surface area contributed by atoms with Crippen molar-refractivity contribution in [2.75, 3.05) is 0 Å². The summed E-state index contributed by atoms with van der Waals surface area (Å²) in [6.45, 7) is 5.68. The molecule has 1 aromatic rings. The van der Waals surface area contributed by atoms with Crippen molar-refractivity contribution in [1.29, 1.82) is 0 Å². The van der Waals surface area contributed by atoms with E-state index in [0.29, 0.717) is 6.42 Å². The van der Waals surface area contributed by atoms with Crippen molar-refractivity contribution in [3.63, 3.8) is 0 Å². The molecule has 5 nitrogen and oxygen atoms in total. The molecule has 0 fully saturated rings. The van der Waals surface area contributed by atoms with Crippen LogP contribution in [-0.4, -0.2) is 21.6 Å². The van der Waals surface area contributed by atoms with Gasteiger partial charge in [0.05, 0.1) is 17.8 Å². The van der Waals surface area contributed by atoms with E-state index < -0.39 is 5.54 Å². The van der Waals surface area contributed by atoms with Gasteiger partial charge in [0.2, 0.25) is 5.91 Å². The molecule has 1 heterocycles. The fourth-order valence-electron chi connectivity index (χ4n) is 1.58. The second-order valence-corrected chi connectivity index (χ2v) is 4.39. The summed E-state index contributed by atoms with van der Waals surface area (Å²) in [5.41, 5.74) is 6.08. The van der Waals surface area contributed by atoms with Gasteiger partial charge in [0, 0.05) is 11.8 Å². The largest absolute Gasteiger partial charge is 0.348 e. The number of amides is 1. The van der Waals surface area contributed by atoms with E-state index in [-0.39, 0.29) is 24.4 Å². The first-order chi connectivity index (χ1) is 7.47. The number of aromatic amines is 1. The van der Waals surface area contributed by atoms with Gasteiger partial charge in [-0.25, -0.2) is 0 Å². The van der Waals surface area contributed by atoms with Gasteiger partial charge >= 0.3 is 0 Å². The number of hydrogen-bond donors (Lipinski definition) is 3. The first-order valence-corrected chi connectivity index (χ1v) is 5.56. The van der Waals surface area contributed by atoms with Gasteiger partial charge in [-0.1, -0.05) is 13.3 Å². The molecule has 2 unspecified atom stereocenters. The van der Waals surface area contributed by atoms with Crippen molar-refractivity contribution >= 4 is 18.3 Å². The Labute approximate surface area is 108 Å². The number of nitrogens with two attached hydrogens (primary N) is 1. The topological polar surface area (TPSA) is 83.8 Å². The summed E-state index contributed by atoms with van der Waals surface area (Å²) < 4.78 is 0. The number of halogens is 1. The van der Waals surface area contributed by atoms with E-state index in [4.69, 9.17) is 5.73 Å². The maximum absolute atomic E-state index is 11.9. The van der Waals surface area contributed by atoms with Crippen LogP contribution in [-0.2, 0) is 4.79 Å². The van der Waals surface area contributed by atoms with E-state index in [1.807, 2.05) is 13.8 Å². The van der Waals surface area contributed by atoms with E-state index >= 15 is 0 Å². The predicted molar refractivity (Wildman–Crippen MR) is 69.9 cm³/mol. The Bertz CT molecular complexity index is 337. The van der Waals surface area contributed by atoms with E-state index in [1.165, 1.54) is 0 Å². The van der Waals surface area contributed by atoms with E-state index in [9.17, 15) is 4.79 Å². The lowest BCUT2D eigenvalue weighted by molar-refractivity contribution is -0.126. The van der Waals surface area contributed by atoms with Crippen molar-refractivity contribution in [3.8, 4) is 0 Å². The molecule has 1 rings (SSSR count). The zero-order valence-corrected chi connectivity index (χ0v) is 11.3. The van der Waals surface area contributed by atoms with Gasteiger partial charge in [-0.3, -0.25) is 9.89 Å². The van der Waals surface area contributed by atoms with Crippen molar-refractivity contribution < 1.29 is 4.79 Å². The molecule has 1 amide bonds. The Hall–Kier alpha value is -1.07. The van der Waals surface area contributed by atoms with Crippen molar-refractivity contribution in [2.24, 2.45) is 5.73 Å². The molecule has 0 aliphatic heterocycles. The van der Waals surface area contributed by atoms with E-state index in [0.717, 1.165) is 12.0 Å². The molecule has 0 aliphatic carbocycles. The minimum absolute atomic E-state index is 0. The lowest BCUT2D eigenvalue weighted by Gasteiger charge is -2.25. The van der Waals surface area contributed by atoms with Crippen LogP contribution in [0, 0.1) is 0 Å². The third kappa shape index (κ3) is 4.36. The fourth-order valence-corrected chi connectivity index (χ4v) is 1.58. The van der Waals surface area contributed by atoms with Crippen LogP contribution in [0.3, 0.4) is 0 Å². The van der Waals surface area contributed by atoms with Crippen LogP contribution in [0.1, 0.15) is 45.2 Å². The molecular formula is C11H21ClN4O. The highest BCUT2D eigenvalue weighted by Crippen LogP contribution is 2.13. The van der Waals surface area contributed by atoms with Crippen LogP contribution >= 0.6 is 12.4 Å². The average Bonchev–Trinajstić information content (AvgIpc) is 2.70. The highest BCUT2D eigenvalue weighted by atomic mass is 35.5. The molecule has 0 radical (unpaired) electrons. The average molecular weight is 261 g/mol. The SMILES string of the molecule is CCCC(C)(N)C(=O)NC(C)c1cn[nH]c1.Cl. The highest BCUT2D eigenvalue weighted by molar-refractivity contribution is 5.86. The zero-order chi connectivity index (χ0) is 12.2. The van der Waals surface area contributed by atoms with E-state index in [1.54, 1.807) is 19.3 Å². The minimum Gasteiger partial charge on any atom is -0.348 e. The number of rotatable bonds is 5. The molecule has 0 bridgehead atoms. The molecule has 0 aromatic carbocycles. The van der Waals surface area contributed by atoms with Crippen LogP contribution in [0.2, 0.25) is 0 Å². The monoisotopic (exact) mass is 260 g/mol. The molecule has 0 aliphatic rings. The van der Waals surface area contributed by atoms with Gasteiger partial charge in [-0.2, -0.15) is 5.10 Å². The summed E-state index contributed by atoms with van der Waals surface area (Å²) in [5.74, 6) is -0.122. The Kier molecular flexibility index (Phi) is 6.20. The maximum atomic E-state index is 11.9. The van der Waals surface area contributed by atoms with Crippen molar-refractivity contribution in [1.82, 2.24) is 15.5 Å². The summed E-state index contributed by atoms with van der Waals surface area (Å²) in [6.07, 6.45) is 5.02. The number of H-pyrrole nitrogens is 1. The maximum Gasteiger partial charge on any atom is 0.240 e. The number of aromatic nitrogens is 2. The molecule has 0 saturated carbocycles. The molecule has 17 heavy (non-hydrogen) atoms. The number of hydrogen-bond acceptors (Lipinski definition) is 3. The normalized spacial score (nSPS) is 15.5. The number of nitrogens with one attached hydrogen (secondary N) is 2. The Morgan fingerprint density at radius 2 is 2.35 bits per heavy atom. The lowest BCUT2D eigenvalue weighted by Crippen LogP contribution is -2.51. The Balaban J connectivity index is 0.00000256. The molecule has 6 heteroatoms. The van der Waals surface area contributed by atoms with Gasteiger partial charge < -0.3 is 11.1 Å². The number of carbonyl (C=O) groups excluding carboxylic acids is 1. The Morgan fingerprint density at radius 3 is 2.82 bits per heavy atom. The molecule has 4 N–H and O–H groups in total. The molecule has 0 spiro atoms. The third-order valence-electron chi connectivity index (χ3n) is 2.66. The van der Waals surface area contributed by atoms with Crippen LogP contribution in [0.5, 0.6) is 0 Å². The standard InChI is InChI=1S/C11H20N4O.ClH/c1-4-5-11(3,12)10(16)15-8(2)9-6-13-14-7-9;/h6-8H,4-5,12H2,1-3H3,(H,13,14)(H,15,16);1H. The Morgan fingerprint density at radius 1 is 1.71 bits per heavy atom. The number of nitrogens with zero attached hydrogens (tertiary/aromatic N) is 1. The number of carbonyl (C=O) groups is 1. The first-order valence-electron chi connectivity index (χ1n) is 5.56. The molecule has 2 atom stereocenters. The van der Waals surface area contributed by atoms with Crippen LogP contribution in [0.25, 0.3) is 0 Å². The van der Waals surface area contributed by atoms with Crippen molar-refractivity contribution in [3.05, 3.63) is 18.0 Å². The molecule has 0 saturated heterocycles. The fraction of sp³-hybridized carbons (Fsp3) is 0.636. The van der Waals surface area contributed by atoms with Crippen molar-refractivity contribution in [2.45, 2.75) is 45.2 Å². The smallest absolute Gasteiger partial charge is 0.240 e. The summed E-state index contributed by atoms with van der Waals surface area (Å²) in [7, 11) is 0. The third-order valence-corrected chi connectivity index (χ3v) is 2.66. The van der Waals surface area contributed by atoms with Gasteiger partial charge in [0.1, 0.15) is 0 Å². The summed E-state index contributed by atoms with van der Waals surface area (Å²) in [5, 5.41) is 9.44.